The fourth-order valence-corrected chi connectivity index (χ4v) is 8.41. The summed E-state index contributed by atoms with van der Waals surface area (Å²) in [4.78, 5) is 45.2. The number of likely N-dealkylation sites (tertiary alicyclic amines) is 2. The topological polar surface area (TPSA) is 156 Å². The van der Waals surface area contributed by atoms with Gasteiger partial charge in [0, 0.05) is 73.2 Å². The monoisotopic (exact) mass is 780 g/mol. The number of halogens is 3. The number of anilines is 1. The van der Waals surface area contributed by atoms with Gasteiger partial charge < -0.3 is 39.7 Å². The number of nitrogens with one attached hydrogen (secondary N) is 3. The number of rotatable bonds is 10. The molecule has 0 radical (unpaired) electrons. The van der Waals surface area contributed by atoms with Crippen LogP contribution in [0.4, 0.5) is 19.3 Å². The lowest BCUT2D eigenvalue weighted by atomic mass is 10.00. The predicted molar refractivity (Wildman–Crippen MR) is 201 cm³/mol. The summed E-state index contributed by atoms with van der Waals surface area (Å²) in [6.07, 6.45) is 0.706. The van der Waals surface area contributed by atoms with Gasteiger partial charge in [-0.15, -0.1) is 0 Å². The van der Waals surface area contributed by atoms with Gasteiger partial charge >= 0.3 is 6.03 Å². The Kier molecular flexibility index (Phi) is 10.2. The van der Waals surface area contributed by atoms with E-state index >= 15 is 8.78 Å². The van der Waals surface area contributed by atoms with Crippen molar-refractivity contribution in [3.63, 3.8) is 0 Å². The van der Waals surface area contributed by atoms with Gasteiger partial charge in [-0.1, -0.05) is 17.7 Å². The Morgan fingerprint density at radius 3 is 2.36 bits per heavy atom. The number of imidazole rings is 1. The highest BCUT2D eigenvalue weighted by Crippen LogP contribution is 2.46. The van der Waals surface area contributed by atoms with E-state index < -0.39 is 23.6 Å². The van der Waals surface area contributed by atoms with E-state index in [-0.39, 0.29) is 69.1 Å². The third kappa shape index (κ3) is 7.31. The number of hydrogen-bond acceptors (Lipinski definition) is 7. The molecule has 1 saturated carbocycles. The first-order valence-electron chi connectivity index (χ1n) is 18.1. The number of benzene rings is 2. The van der Waals surface area contributed by atoms with E-state index in [1.807, 2.05) is 14.1 Å². The molecular formula is C38H45ClF2N9O5+. The maximum absolute atomic E-state index is 15.7. The van der Waals surface area contributed by atoms with Crippen LogP contribution < -0.4 is 16.0 Å². The van der Waals surface area contributed by atoms with E-state index in [1.165, 1.54) is 48.1 Å². The van der Waals surface area contributed by atoms with Crippen LogP contribution in [-0.2, 0) is 18.3 Å². The van der Waals surface area contributed by atoms with Crippen LogP contribution in [0.1, 0.15) is 32.4 Å². The number of nitrogens with zero attached hydrogens (tertiary/aromatic N) is 6. The molecule has 4 amide bonds. The van der Waals surface area contributed by atoms with Crippen LogP contribution in [-0.4, -0.2) is 124 Å². The standard InChI is InChI=1S/C38H44ClF2N9O5/c1-19-31(20(2)49(46-19)11-12-55-6)24-10-9-23(32(40)33(24)41)29-14-42-35(47(29)3)37(53)43-21-7-8-22(27(39)13-21)36(52)45-34-25-15-48(16-26(25)34)38(54)44-28-17-50(4,5)18-30(28)51/h7-10,13-14,25-26,28,30,34,51H,11-12,15-18H2,1-6H3,(H2-,43,44,45,52,53,54)/p+1/t25-,26+,28-,30-,34?/m1/s1. The number of likely N-dealkylation sites (N-methyl/N-ethyl adjacent to an activating group) is 1. The van der Waals surface area contributed by atoms with Crippen molar-refractivity contribution >= 4 is 35.1 Å². The largest absolute Gasteiger partial charge is 0.385 e. The molecule has 2 aliphatic heterocycles. The van der Waals surface area contributed by atoms with Crippen molar-refractivity contribution in [1.82, 2.24) is 34.9 Å². The summed E-state index contributed by atoms with van der Waals surface area (Å²) in [7, 11) is 7.13. The van der Waals surface area contributed by atoms with E-state index in [1.54, 1.807) is 30.5 Å². The molecule has 2 aromatic carbocycles. The molecule has 7 rings (SSSR count). The maximum Gasteiger partial charge on any atom is 0.317 e. The normalized spacial score (nSPS) is 22.4. The second-order valence-electron chi connectivity index (χ2n) is 15.4. The number of aryl methyl sites for hydroxylation is 1. The number of aromatic nitrogens is 4. The Balaban J connectivity index is 0.958. The lowest BCUT2D eigenvalue weighted by Gasteiger charge is -2.25. The van der Waals surface area contributed by atoms with Crippen LogP contribution >= 0.6 is 11.6 Å². The second-order valence-corrected chi connectivity index (χ2v) is 15.8. The van der Waals surface area contributed by atoms with Crippen LogP contribution in [0.5, 0.6) is 0 Å². The SMILES string of the molecule is COCCn1nc(C)c(-c2ccc(-c3cnc(C(=O)Nc4ccc(C(=O)NC5[C@H]6CN(C(=O)N[C@@H]7C[N+](C)(C)C[C@H]7O)C[C@@H]56)c(Cl)c4)n3C)c(F)c2F)c1C. The number of hydrogen-bond donors (Lipinski definition) is 4. The van der Waals surface area contributed by atoms with E-state index in [2.05, 4.69) is 26.0 Å². The zero-order valence-corrected chi connectivity index (χ0v) is 32.2. The number of fused-ring (bicyclic) bond motifs is 1. The summed E-state index contributed by atoms with van der Waals surface area (Å²) >= 11 is 6.50. The van der Waals surface area contributed by atoms with Crippen LogP contribution in [0.2, 0.25) is 5.02 Å². The van der Waals surface area contributed by atoms with Gasteiger partial charge in [-0.2, -0.15) is 5.10 Å². The van der Waals surface area contributed by atoms with Gasteiger partial charge in [0.1, 0.15) is 25.2 Å². The van der Waals surface area contributed by atoms with Crippen molar-refractivity contribution in [2.45, 2.75) is 38.6 Å². The number of ether oxygens (including phenoxy) is 1. The van der Waals surface area contributed by atoms with Crippen LogP contribution in [0.15, 0.2) is 36.5 Å². The minimum atomic E-state index is -1.09. The molecule has 5 atom stereocenters. The summed E-state index contributed by atoms with van der Waals surface area (Å²) in [5.41, 5.74) is 2.45. The van der Waals surface area contributed by atoms with Crippen molar-refractivity contribution in [3.8, 4) is 22.4 Å². The molecule has 14 nitrogen and oxygen atoms in total. The number of amides is 4. The zero-order valence-electron chi connectivity index (χ0n) is 31.5. The molecule has 4 N–H and O–H groups in total. The van der Waals surface area contributed by atoms with Crippen LogP contribution in [0, 0.1) is 37.3 Å². The molecule has 0 bridgehead atoms. The number of quaternary nitrogens is 1. The summed E-state index contributed by atoms with van der Waals surface area (Å²) in [6, 6.07) is 6.84. The number of aliphatic hydroxyl groups is 1. The van der Waals surface area contributed by atoms with Gasteiger partial charge in [-0.3, -0.25) is 14.3 Å². The minimum absolute atomic E-state index is 0.0617. The third-order valence-electron chi connectivity index (χ3n) is 11.1. The van der Waals surface area contributed by atoms with Crippen molar-refractivity contribution < 1.29 is 37.5 Å². The molecule has 2 saturated heterocycles. The van der Waals surface area contributed by atoms with E-state index in [0.717, 1.165) is 0 Å². The maximum atomic E-state index is 15.7. The predicted octanol–water partition coefficient (Wildman–Crippen LogP) is 3.59. The molecule has 1 unspecified atom stereocenters. The molecular weight excluding hydrogens is 736 g/mol. The van der Waals surface area contributed by atoms with Gasteiger partial charge in [0.15, 0.2) is 17.5 Å². The van der Waals surface area contributed by atoms with Gasteiger partial charge in [0.05, 0.1) is 55.4 Å². The molecule has 292 valence electrons. The lowest BCUT2D eigenvalue weighted by Crippen LogP contribution is -2.50. The average Bonchev–Trinajstić information content (AvgIpc) is 3.53. The lowest BCUT2D eigenvalue weighted by molar-refractivity contribution is -0.879. The van der Waals surface area contributed by atoms with E-state index in [0.29, 0.717) is 66.5 Å². The molecule has 1 aliphatic carbocycles. The smallest absolute Gasteiger partial charge is 0.317 e. The summed E-state index contributed by atoms with van der Waals surface area (Å²) in [5, 5.41) is 23.6. The highest BCUT2D eigenvalue weighted by atomic mass is 35.5. The van der Waals surface area contributed by atoms with Crippen LogP contribution in [0.25, 0.3) is 22.4 Å². The highest BCUT2D eigenvalue weighted by molar-refractivity contribution is 6.34. The van der Waals surface area contributed by atoms with Crippen molar-refractivity contribution in [2.24, 2.45) is 18.9 Å². The average molecular weight is 781 g/mol. The summed E-state index contributed by atoms with van der Waals surface area (Å²) < 4.78 is 40.1. The molecule has 2 aromatic heterocycles. The van der Waals surface area contributed by atoms with Gasteiger partial charge in [-0.05, 0) is 38.1 Å². The highest BCUT2D eigenvalue weighted by Gasteiger charge is 2.58. The Morgan fingerprint density at radius 2 is 1.71 bits per heavy atom. The fourth-order valence-electron chi connectivity index (χ4n) is 8.15. The van der Waals surface area contributed by atoms with Gasteiger partial charge in [0.25, 0.3) is 11.8 Å². The number of piperidine rings is 1. The second kappa shape index (κ2) is 14.6. The zero-order chi connectivity index (χ0) is 39.5. The number of carbonyl (C=O) groups excluding carboxylic acids is 3. The van der Waals surface area contributed by atoms with Crippen molar-refractivity contribution in [2.75, 3.05) is 59.3 Å². The first-order valence-corrected chi connectivity index (χ1v) is 18.5. The molecule has 4 heterocycles. The Morgan fingerprint density at radius 1 is 1.02 bits per heavy atom. The number of methoxy groups -OCH3 is 1. The quantitative estimate of drug-likeness (QED) is 0.180. The summed E-state index contributed by atoms with van der Waals surface area (Å²) in [5.74, 6) is -2.93. The molecule has 3 aliphatic rings. The van der Waals surface area contributed by atoms with E-state index in [4.69, 9.17) is 16.3 Å². The van der Waals surface area contributed by atoms with Gasteiger partial charge in [-0.25, -0.2) is 18.6 Å². The molecule has 0 spiro atoms. The summed E-state index contributed by atoms with van der Waals surface area (Å²) in [6.45, 7) is 6.66. The van der Waals surface area contributed by atoms with Crippen LogP contribution in [0.3, 0.4) is 0 Å². The Hall–Kier alpha value is -4.90. The minimum Gasteiger partial charge on any atom is -0.385 e. The van der Waals surface area contributed by atoms with E-state index in [9.17, 15) is 19.5 Å². The van der Waals surface area contributed by atoms with Crippen molar-refractivity contribution in [3.05, 3.63) is 76.0 Å². The Bertz CT molecular complexity index is 2180. The first-order chi connectivity index (χ1) is 26.1. The molecule has 17 heteroatoms. The first kappa shape index (κ1) is 38.4. The molecule has 3 fully saturated rings. The Labute approximate surface area is 322 Å². The number of aliphatic hydroxyl groups excluding tert-OH is 1. The molecule has 55 heavy (non-hydrogen) atoms. The van der Waals surface area contributed by atoms with Crippen molar-refractivity contribution in [1.29, 1.82) is 0 Å². The molecule has 4 aromatic rings. The van der Waals surface area contributed by atoms with Gasteiger partial charge in [0.2, 0.25) is 0 Å². The fraction of sp³-hybridized carbons (Fsp3) is 0.447. The number of carbonyl (C=O) groups is 3. The third-order valence-corrected chi connectivity index (χ3v) is 11.4. The number of urea groups is 1.